The number of nitrogens with two attached hydrogens (primary N) is 1. The number of urea groups is 1. The maximum Gasteiger partial charge on any atom is 0.419 e. The average molecular weight is 472 g/mol. The number of H-pyrrole nitrogens is 1. The molecule has 0 atom stereocenters. The van der Waals surface area contributed by atoms with E-state index in [1.807, 2.05) is 12.1 Å². The van der Waals surface area contributed by atoms with Gasteiger partial charge < -0.3 is 26.5 Å². The van der Waals surface area contributed by atoms with Crippen molar-refractivity contribution in [2.24, 2.45) is 5.73 Å². The van der Waals surface area contributed by atoms with Crippen LogP contribution in [0.5, 0.6) is 5.75 Å². The molecule has 0 aliphatic heterocycles. The Morgan fingerprint density at radius 1 is 0.941 bits per heavy atom. The number of carbonyl (C=O) groups is 2. The number of phenols is 1. The lowest BCUT2D eigenvalue weighted by atomic mass is 10.0. The topological polar surface area (TPSA) is 120 Å². The Morgan fingerprint density at radius 3 is 2.26 bits per heavy atom. The van der Waals surface area contributed by atoms with Gasteiger partial charge in [-0.1, -0.05) is 30.3 Å². The molecule has 0 spiro atoms. The minimum atomic E-state index is -5.00. The Morgan fingerprint density at radius 2 is 1.62 bits per heavy atom. The molecule has 4 aromatic rings. The zero-order chi connectivity index (χ0) is 24.6. The monoisotopic (exact) mass is 472 g/mol. The molecule has 1 heterocycles. The quantitative estimate of drug-likeness (QED) is 0.201. The van der Waals surface area contributed by atoms with Gasteiger partial charge in [0.25, 0.3) is 5.91 Å². The number of anilines is 2. The van der Waals surface area contributed by atoms with Crippen LogP contribution in [0.4, 0.5) is 33.7 Å². The first-order valence-corrected chi connectivity index (χ1v) is 9.74. The fourth-order valence-electron chi connectivity index (χ4n) is 3.52. The number of alkyl halides is 3. The van der Waals surface area contributed by atoms with Crippen molar-refractivity contribution in [3.8, 4) is 16.9 Å². The normalized spacial score (nSPS) is 11.4. The number of primary amides is 1. The number of hydrogen-bond donors (Lipinski definition) is 5. The predicted molar refractivity (Wildman–Crippen MR) is 118 cm³/mol. The molecule has 0 unspecified atom stereocenters. The highest BCUT2D eigenvalue weighted by atomic mass is 19.4. The van der Waals surface area contributed by atoms with Crippen molar-refractivity contribution in [3.63, 3.8) is 0 Å². The van der Waals surface area contributed by atoms with Crippen LogP contribution in [0.15, 0.2) is 60.7 Å². The number of aromatic hydroxyl groups is 1. The summed E-state index contributed by atoms with van der Waals surface area (Å²) < 4.78 is 52.0. The van der Waals surface area contributed by atoms with Gasteiger partial charge in [0.05, 0.1) is 11.3 Å². The van der Waals surface area contributed by atoms with E-state index in [-0.39, 0.29) is 11.4 Å². The number of phenolic OH excluding ortho intramolecular Hbond substituents is 1. The summed E-state index contributed by atoms with van der Waals surface area (Å²) in [5.41, 5.74) is 5.76. The van der Waals surface area contributed by atoms with Gasteiger partial charge in [-0.25, -0.2) is 9.18 Å². The molecule has 4 rings (SSSR count). The Labute approximate surface area is 189 Å². The third-order valence-electron chi connectivity index (χ3n) is 5.05. The first-order valence-electron chi connectivity index (χ1n) is 9.74. The Kier molecular flexibility index (Phi) is 5.61. The van der Waals surface area contributed by atoms with E-state index in [2.05, 4.69) is 15.6 Å². The Balaban J connectivity index is 1.54. The molecular formula is C23H16F4N4O3. The zero-order valence-electron chi connectivity index (χ0n) is 17.1. The van der Waals surface area contributed by atoms with Gasteiger partial charge in [-0.2, -0.15) is 13.2 Å². The number of nitrogens with one attached hydrogen (secondary N) is 3. The molecule has 11 heteroatoms. The van der Waals surface area contributed by atoms with Gasteiger partial charge in [-0.05, 0) is 35.9 Å². The van der Waals surface area contributed by atoms with E-state index in [0.29, 0.717) is 17.2 Å². The summed E-state index contributed by atoms with van der Waals surface area (Å²) in [6.07, 6.45) is -5.00. The second-order valence-corrected chi connectivity index (χ2v) is 7.26. The summed E-state index contributed by atoms with van der Waals surface area (Å²) in [6, 6.07) is 13.8. The average Bonchev–Trinajstić information content (AvgIpc) is 3.17. The molecule has 3 aromatic carbocycles. The van der Waals surface area contributed by atoms with Crippen LogP contribution in [0.25, 0.3) is 22.0 Å². The smallest absolute Gasteiger partial charge is 0.419 e. The van der Waals surface area contributed by atoms with E-state index < -0.39 is 40.9 Å². The number of para-hydroxylation sites is 1. The molecule has 174 valence electrons. The molecule has 0 bridgehead atoms. The van der Waals surface area contributed by atoms with Crippen LogP contribution in [-0.4, -0.2) is 22.0 Å². The van der Waals surface area contributed by atoms with Crippen LogP contribution in [0.1, 0.15) is 16.1 Å². The van der Waals surface area contributed by atoms with E-state index in [0.717, 1.165) is 17.0 Å². The lowest BCUT2D eigenvalue weighted by Crippen LogP contribution is -2.20. The molecule has 0 radical (unpaired) electrons. The van der Waals surface area contributed by atoms with Crippen molar-refractivity contribution in [2.45, 2.75) is 6.18 Å². The summed E-state index contributed by atoms with van der Waals surface area (Å²) in [4.78, 5) is 27.1. The molecule has 0 saturated carbocycles. The first kappa shape index (κ1) is 22.6. The molecule has 0 aliphatic carbocycles. The Bertz CT molecular complexity index is 1410. The highest BCUT2D eigenvalue weighted by Crippen LogP contribution is 2.38. The Hall–Kier alpha value is -4.54. The van der Waals surface area contributed by atoms with Crippen molar-refractivity contribution < 1.29 is 32.3 Å². The molecule has 0 fully saturated rings. The minimum Gasteiger partial charge on any atom is -0.503 e. The van der Waals surface area contributed by atoms with Crippen LogP contribution < -0.4 is 16.4 Å². The van der Waals surface area contributed by atoms with Gasteiger partial charge in [0, 0.05) is 22.2 Å². The number of hydrogen-bond acceptors (Lipinski definition) is 3. The second kappa shape index (κ2) is 8.43. The lowest BCUT2D eigenvalue weighted by molar-refractivity contribution is -0.140. The fraction of sp³-hybridized carbons (Fsp3) is 0.0435. The van der Waals surface area contributed by atoms with Gasteiger partial charge in [-0.3, -0.25) is 4.79 Å². The van der Waals surface area contributed by atoms with Gasteiger partial charge in [-0.15, -0.1) is 0 Å². The van der Waals surface area contributed by atoms with E-state index >= 15 is 0 Å². The molecule has 1 aromatic heterocycles. The second-order valence-electron chi connectivity index (χ2n) is 7.26. The third kappa shape index (κ3) is 4.22. The number of fused-ring (bicyclic) bond motifs is 1. The van der Waals surface area contributed by atoms with E-state index in [9.17, 15) is 32.3 Å². The maximum absolute atomic E-state index is 13.8. The van der Waals surface area contributed by atoms with Crippen LogP contribution in [0, 0.1) is 5.82 Å². The van der Waals surface area contributed by atoms with Crippen LogP contribution in [0.3, 0.4) is 0 Å². The number of halogens is 4. The minimum absolute atomic E-state index is 0.222. The maximum atomic E-state index is 13.8. The SMILES string of the molecule is NC(=O)c1[nH]c2ccccc2c1-c1ccc(NC(=O)Nc2ccc(C(F)(F)F)c(F)c2O)cc1. The van der Waals surface area contributed by atoms with E-state index in [1.165, 1.54) is 12.1 Å². The van der Waals surface area contributed by atoms with Crippen molar-refractivity contribution >= 4 is 34.2 Å². The summed E-state index contributed by atoms with van der Waals surface area (Å²) in [5.74, 6) is -3.87. The highest BCUT2D eigenvalue weighted by Gasteiger charge is 2.36. The van der Waals surface area contributed by atoms with E-state index in [1.54, 1.807) is 24.3 Å². The number of benzene rings is 3. The highest BCUT2D eigenvalue weighted by molar-refractivity contribution is 6.09. The number of rotatable bonds is 4. The molecule has 3 amide bonds. The number of aromatic amines is 1. The van der Waals surface area contributed by atoms with Crippen LogP contribution in [-0.2, 0) is 6.18 Å². The summed E-state index contributed by atoms with van der Waals surface area (Å²) in [7, 11) is 0. The molecule has 6 N–H and O–H groups in total. The number of aromatic nitrogens is 1. The summed E-state index contributed by atoms with van der Waals surface area (Å²) in [5, 5.41) is 15.0. The van der Waals surface area contributed by atoms with Crippen LogP contribution in [0.2, 0.25) is 0 Å². The van der Waals surface area contributed by atoms with Crippen molar-refractivity contribution in [1.29, 1.82) is 0 Å². The van der Waals surface area contributed by atoms with Crippen molar-refractivity contribution in [1.82, 2.24) is 4.98 Å². The molecular weight excluding hydrogens is 456 g/mol. The first-order chi connectivity index (χ1) is 16.1. The lowest BCUT2D eigenvalue weighted by Gasteiger charge is -2.13. The van der Waals surface area contributed by atoms with Gasteiger partial charge in [0.1, 0.15) is 5.69 Å². The van der Waals surface area contributed by atoms with Gasteiger partial charge >= 0.3 is 12.2 Å². The van der Waals surface area contributed by atoms with Gasteiger partial charge in [0.2, 0.25) is 0 Å². The third-order valence-corrected chi connectivity index (χ3v) is 5.05. The molecule has 34 heavy (non-hydrogen) atoms. The standard InChI is InChI=1S/C23H16F4N4O3/c24-18-14(23(25,26)27)9-10-16(20(18)32)31-22(34)29-12-7-5-11(6-8-12)17-13-3-1-2-4-15(13)30-19(17)21(28)33/h1-10,30,32H,(H2,28,33)(H2,29,31,34). The van der Waals surface area contributed by atoms with E-state index in [4.69, 9.17) is 5.73 Å². The largest absolute Gasteiger partial charge is 0.503 e. The van der Waals surface area contributed by atoms with Crippen molar-refractivity contribution in [3.05, 3.63) is 77.7 Å². The number of carbonyl (C=O) groups excluding carboxylic acids is 2. The molecule has 0 aliphatic rings. The number of amides is 3. The van der Waals surface area contributed by atoms with Crippen LogP contribution >= 0.6 is 0 Å². The van der Waals surface area contributed by atoms with Gasteiger partial charge in [0.15, 0.2) is 11.6 Å². The predicted octanol–water partition coefficient (Wildman–Crippen LogP) is 5.44. The summed E-state index contributed by atoms with van der Waals surface area (Å²) >= 11 is 0. The zero-order valence-corrected chi connectivity index (χ0v) is 17.1. The molecule has 0 saturated heterocycles. The molecule has 7 nitrogen and oxygen atoms in total. The van der Waals surface area contributed by atoms with Crippen molar-refractivity contribution in [2.75, 3.05) is 10.6 Å². The summed E-state index contributed by atoms with van der Waals surface area (Å²) in [6.45, 7) is 0. The fourth-order valence-corrected chi connectivity index (χ4v) is 3.52.